The van der Waals surface area contributed by atoms with Gasteiger partial charge < -0.3 is 69.1 Å². The van der Waals surface area contributed by atoms with Gasteiger partial charge in [-0.1, -0.05) is 44.2 Å². The van der Waals surface area contributed by atoms with Crippen LogP contribution in [0.1, 0.15) is 78.2 Å². The molecule has 25 heteroatoms. The molecule has 0 bridgehead atoms. The average molecular weight is 908 g/mol. The van der Waals surface area contributed by atoms with Gasteiger partial charge in [-0.2, -0.15) is 0 Å². The van der Waals surface area contributed by atoms with Crippen molar-refractivity contribution >= 4 is 71.1 Å². The van der Waals surface area contributed by atoms with E-state index in [1.807, 2.05) is 0 Å². The molecule has 1 aromatic rings. The molecule has 0 spiro atoms. The zero-order valence-electron chi connectivity index (χ0n) is 35.6. The number of hydrogen-bond donors (Lipinski definition) is 13. The van der Waals surface area contributed by atoms with Crippen LogP contribution in [0.25, 0.3) is 0 Å². The smallest absolute Gasteiger partial charge is 0.325 e. The summed E-state index contributed by atoms with van der Waals surface area (Å²) >= 11 is 0. The number of hydrogen-bond acceptors (Lipinski definition) is 13. The average Bonchev–Trinajstić information content (AvgIpc) is 3.20. The first-order valence-electron chi connectivity index (χ1n) is 19.9. The molecule has 64 heavy (non-hydrogen) atoms. The zero-order valence-corrected chi connectivity index (χ0v) is 35.6. The number of aliphatic carboxylic acids is 4. The highest BCUT2D eigenvalue weighted by Gasteiger charge is 2.35. The summed E-state index contributed by atoms with van der Waals surface area (Å²) in [7, 11) is 0. The van der Waals surface area contributed by atoms with Crippen molar-refractivity contribution in [3.05, 3.63) is 35.9 Å². The van der Waals surface area contributed by atoms with Crippen molar-refractivity contribution < 1.29 is 78.0 Å². The molecule has 0 radical (unpaired) electrons. The minimum atomic E-state index is -1.82. The third kappa shape index (κ3) is 20.6. The van der Waals surface area contributed by atoms with Crippen molar-refractivity contribution in [3.8, 4) is 0 Å². The first-order chi connectivity index (χ1) is 29.8. The topological polar surface area (TPSA) is 422 Å². The number of rotatable bonds is 29. The molecule has 0 aliphatic heterocycles. The standard InChI is InChI=1S/C39H57N9O16/c1-18(2)31(38(62)45-23(11-14-29(52)53)34(58)43-20(4)39(63)64)48-32(56)19(3)42-36(60)25(16-21-8-6-5-7-9-21)46-37(61)26(17-27(41)49)47-35(59)24(12-15-30(54)55)44-33(57)22(40)10-13-28(50)51/h5-9,18-20,22-26,31H,10-17,40H2,1-4H3,(H2,41,49)(H,42,60)(H,43,58)(H,44,57)(H,45,62)(H,46,61)(H,47,59)(H,48,56)(H,50,51)(H,52,53)(H,54,55)(H,63,64)/t19-,20-,22-,23-,24-,25-,26-,31-/m0/s1. The second kappa shape index (κ2) is 27.0. The Morgan fingerprint density at radius 3 is 1.41 bits per heavy atom. The fourth-order valence-corrected chi connectivity index (χ4v) is 5.61. The Kier molecular flexibility index (Phi) is 23.1. The Hall–Kier alpha value is -7.18. The molecule has 354 valence electrons. The maximum absolute atomic E-state index is 13.8. The lowest BCUT2D eigenvalue weighted by molar-refractivity contribution is -0.142. The van der Waals surface area contributed by atoms with Crippen LogP contribution >= 0.6 is 0 Å². The molecular weight excluding hydrogens is 850 g/mol. The maximum atomic E-state index is 13.8. The Bertz CT molecular complexity index is 1880. The number of benzene rings is 1. The van der Waals surface area contributed by atoms with E-state index in [4.69, 9.17) is 26.8 Å². The van der Waals surface area contributed by atoms with Crippen molar-refractivity contribution in [2.45, 2.75) is 127 Å². The Labute approximate surface area is 366 Å². The van der Waals surface area contributed by atoms with Gasteiger partial charge in [0.25, 0.3) is 0 Å². The summed E-state index contributed by atoms with van der Waals surface area (Å²) in [6.07, 6.45) is -4.15. The molecule has 0 saturated heterocycles. The number of primary amides is 1. The van der Waals surface area contributed by atoms with Gasteiger partial charge in [0.05, 0.1) is 12.5 Å². The molecular formula is C39H57N9O16. The summed E-state index contributed by atoms with van der Waals surface area (Å²) in [6.45, 7) is 5.43. The summed E-state index contributed by atoms with van der Waals surface area (Å²) in [4.78, 5) is 150. The molecule has 8 atom stereocenters. The Morgan fingerprint density at radius 2 is 0.922 bits per heavy atom. The second-order valence-corrected chi connectivity index (χ2v) is 15.0. The fraction of sp³-hybridized carbons (Fsp3) is 0.538. The molecule has 0 fully saturated rings. The molecule has 1 aromatic carbocycles. The van der Waals surface area contributed by atoms with Gasteiger partial charge in [0.1, 0.15) is 42.3 Å². The highest BCUT2D eigenvalue weighted by Crippen LogP contribution is 2.09. The number of nitrogens with two attached hydrogens (primary N) is 2. The lowest BCUT2D eigenvalue weighted by atomic mass is 10.0. The zero-order chi connectivity index (χ0) is 48.8. The van der Waals surface area contributed by atoms with Crippen LogP contribution in [0.5, 0.6) is 0 Å². The van der Waals surface area contributed by atoms with Gasteiger partial charge in [-0.3, -0.25) is 57.5 Å². The van der Waals surface area contributed by atoms with E-state index in [-0.39, 0.29) is 12.8 Å². The number of carboxylic acids is 4. The number of carbonyl (C=O) groups excluding carboxylic acids is 8. The Morgan fingerprint density at radius 1 is 0.500 bits per heavy atom. The van der Waals surface area contributed by atoms with Crippen molar-refractivity contribution in [1.29, 1.82) is 0 Å². The largest absolute Gasteiger partial charge is 0.481 e. The molecule has 0 aliphatic carbocycles. The lowest BCUT2D eigenvalue weighted by Gasteiger charge is -2.28. The van der Waals surface area contributed by atoms with Crippen LogP contribution in [-0.4, -0.2) is 140 Å². The molecule has 15 N–H and O–H groups in total. The van der Waals surface area contributed by atoms with Gasteiger partial charge in [-0.05, 0) is 44.6 Å². The van der Waals surface area contributed by atoms with Crippen LogP contribution in [0.3, 0.4) is 0 Å². The van der Waals surface area contributed by atoms with Gasteiger partial charge >= 0.3 is 23.9 Å². The fourth-order valence-electron chi connectivity index (χ4n) is 5.61. The SMILES string of the molecule is CC(C)[C@H](NC(=O)[C@H](C)NC(=O)[C@H](Cc1ccccc1)NC(=O)[C@H](CC(N)=O)NC(=O)[C@H](CCC(=O)O)NC(=O)[C@@H](N)CCC(=O)O)C(=O)N[C@@H](CCC(=O)O)C(=O)N[C@@H](C)C(=O)O. The van der Waals surface area contributed by atoms with E-state index >= 15 is 0 Å². The first kappa shape index (κ1) is 54.8. The van der Waals surface area contributed by atoms with Crippen LogP contribution in [0.15, 0.2) is 30.3 Å². The number of nitrogens with one attached hydrogen (secondary N) is 7. The van der Waals surface area contributed by atoms with Gasteiger partial charge in [-0.25, -0.2) is 0 Å². The van der Waals surface area contributed by atoms with E-state index in [1.165, 1.54) is 20.8 Å². The Balaban J connectivity index is 3.33. The van der Waals surface area contributed by atoms with Gasteiger partial charge in [0.2, 0.25) is 47.3 Å². The monoisotopic (exact) mass is 907 g/mol. The molecule has 8 amide bonds. The van der Waals surface area contributed by atoms with E-state index in [0.717, 1.165) is 6.92 Å². The third-order valence-electron chi connectivity index (χ3n) is 9.25. The van der Waals surface area contributed by atoms with E-state index in [2.05, 4.69) is 37.2 Å². The predicted octanol–water partition coefficient (Wildman–Crippen LogP) is -3.80. The number of carbonyl (C=O) groups is 12. The normalized spacial score (nSPS) is 14.6. The van der Waals surface area contributed by atoms with Crippen molar-refractivity contribution in [3.63, 3.8) is 0 Å². The minimum absolute atomic E-state index is 0.229. The highest BCUT2D eigenvalue weighted by atomic mass is 16.4. The van der Waals surface area contributed by atoms with Crippen molar-refractivity contribution in [1.82, 2.24) is 37.2 Å². The summed E-state index contributed by atoms with van der Waals surface area (Å²) in [5.41, 5.74) is 11.6. The van der Waals surface area contributed by atoms with Crippen molar-refractivity contribution in [2.75, 3.05) is 0 Å². The summed E-state index contributed by atoms with van der Waals surface area (Å²) in [5, 5.41) is 52.6. The molecule has 0 heterocycles. The second-order valence-electron chi connectivity index (χ2n) is 15.0. The van der Waals surface area contributed by atoms with Gasteiger partial charge in [-0.15, -0.1) is 0 Å². The minimum Gasteiger partial charge on any atom is -0.481 e. The van der Waals surface area contributed by atoms with Crippen LogP contribution in [0.4, 0.5) is 0 Å². The summed E-state index contributed by atoms with van der Waals surface area (Å²) in [6, 6.07) is -4.05. The highest BCUT2D eigenvalue weighted by molar-refractivity contribution is 5.99. The lowest BCUT2D eigenvalue weighted by Crippen LogP contribution is -2.60. The van der Waals surface area contributed by atoms with E-state index in [1.54, 1.807) is 30.3 Å². The third-order valence-corrected chi connectivity index (χ3v) is 9.25. The molecule has 0 aromatic heterocycles. The maximum Gasteiger partial charge on any atom is 0.325 e. The van der Waals surface area contributed by atoms with Crippen LogP contribution in [0, 0.1) is 5.92 Å². The van der Waals surface area contributed by atoms with Crippen molar-refractivity contribution in [2.24, 2.45) is 17.4 Å². The van der Waals surface area contributed by atoms with E-state index in [9.17, 15) is 62.6 Å². The van der Waals surface area contributed by atoms with Crippen LogP contribution < -0.4 is 48.7 Å². The number of carboxylic acid groups (broad SMARTS) is 4. The number of amides is 8. The molecule has 0 unspecified atom stereocenters. The molecule has 0 saturated carbocycles. The van der Waals surface area contributed by atoms with Gasteiger partial charge in [0, 0.05) is 25.7 Å². The summed E-state index contributed by atoms with van der Waals surface area (Å²) in [5.74, 6) is -14.3. The van der Waals surface area contributed by atoms with E-state index < -0.39 is 164 Å². The molecule has 1 rings (SSSR count). The quantitative estimate of drug-likeness (QED) is 0.0367. The summed E-state index contributed by atoms with van der Waals surface area (Å²) < 4.78 is 0. The molecule has 25 nitrogen and oxygen atoms in total. The van der Waals surface area contributed by atoms with E-state index in [0.29, 0.717) is 5.56 Å². The van der Waals surface area contributed by atoms with Crippen LogP contribution in [-0.2, 0) is 64.0 Å². The first-order valence-corrected chi connectivity index (χ1v) is 19.9. The predicted molar refractivity (Wildman–Crippen MR) is 220 cm³/mol. The van der Waals surface area contributed by atoms with Crippen LogP contribution in [0.2, 0.25) is 0 Å². The van der Waals surface area contributed by atoms with Gasteiger partial charge in [0.15, 0.2) is 0 Å². The molecule has 0 aliphatic rings.